The summed E-state index contributed by atoms with van der Waals surface area (Å²) in [7, 11) is 1.43. The van der Waals surface area contributed by atoms with Crippen molar-refractivity contribution < 1.29 is 14.4 Å². The second-order valence-corrected chi connectivity index (χ2v) is 6.17. The van der Waals surface area contributed by atoms with Gasteiger partial charge < -0.3 is 5.32 Å². The predicted molar refractivity (Wildman–Crippen MR) is 74.7 cm³/mol. The van der Waals surface area contributed by atoms with Crippen molar-refractivity contribution >= 4 is 17.7 Å². The minimum absolute atomic E-state index is 0.0155. The fraction of sp³-hybridized carbons (Fsp3) is 0.400. The molecule has 1 aliphatic heterocycles. The van der Waals surface area contributed by atoms with E-state index in [0.29, 0.717) is 23.2 Å². The number of imide groups is 1. The number of hydrogen-bond acceptors (Lipinski definition) is 3. The van der Waals surface area contributed by atoms with Crippen LogP contribution in [0, 0.1) is 5.41 Å². The molecule has 1 aromatic rings. The van der Waals surface area contributed by atoms with Gasteiger partial charge >= 0.3 is 0 Å². The highest BCUT2D eigenvalue weighted by Gasteiger charge is 2.33. The summed E-state index contributed by atoms with van der Waals surface area (Å²) in [5, 5.41) is 2.82. The van der Waals surface area contributed by atoms with Gasteiger partial charge in [0.15, 0.2) is 0 Å². The molecule has 1 aromatic carbocycles. The Morgan fingerprint density at radius 2 is 1.75 bits per heavy atom. The smallest absolute Gasteiger partial charge is 0.261 e. The highest BCUT2D eigenvalue weighted by atomic mass is 16.2. The quantitative estimate of drug-likeness (QED) is 0.834. The lowest BCUT2D eigenvalue weighted by Crippen LogP contribution is -2.32. The van der Waals surface area contributed by atoms with E-state index in [1.54, 1.807) is 6.07 Å². The molecule has 0 spiro atoms. The Labute approximate surface area is 118 Å². The minimum atomic E-state index is -0.365. The number of hydrogen-bond donors (Lipinski definition) is 1. The standard InChI is InChI=1S/C15H18N2O3/c1-15(2,3)8-16-12(18)9-5-6-10-11(7-9)14(20)17(4)13(10)19/h5-7H,8H2,1-4H3,(H,16,18). The van der Waals surface area contributed by atoms with Gasteiger partial charge in [-0.25, -0.2) is 0 Å². The van der Waals surface area contributed by atoms with Gasteiger partial charge in [0.2, 0.25) is 0 Å². The first-order valence-corrected chi connectivity index (χ1v) is 6.45. The summed E-state index contributed by atoms with van der Waals surface area (Å²) in [6.45, 7) is 6.60. The van der Waals surface area contributed by atoms with Crippen LogP contribution in [0.1, 0.15) is 51.8 Å². The normalized spacial score (nSPS) is 14.5. The molecular weight excluding hydrogens is 256 g/mol. The van der Waals surface area contributed by atoms with E-state index in [0.717, 1.165) is 4.90 Å². The number of carbonyl (C=O) groups is 3. The van der Waals surface area contributed by atoms with Crippen molar-refractivity contribution in [1.82, 2.24) is 10.2 Å². The van der Waals surface area contributed by atoms with Gasteiger partial charge in [-0.05, 0) is 23.6 Å². The van der Waals surface area contributed by atoms with Gasteiger partial charge in [-0.3, -0.25) is 19.3 Å². The zero-order valence-corrected chi connectivity index (χ0v) is 12.1. The summed E-state index contributed by atoms with van der Waals surface area (Å²) in [5.41, 5.74) is 1.02. The molecule has 3 amide bonds. The van der Waals surface area contributed by atoms with Crippen LogP contribution in [0.25, 0.3) is 0 Å². The molecule has 0 aliphatic carbocycles. The first-order valence-electron chi connectivity index (χ1n) is 6.45. The number of rotatable bonds is 2. The number of fused-ring (bicyclic) bond motifs is 1. The van der Waals surface area contributed by atoms with E-state index in [-0.39, 0.29) is 23.1 Å². The van der Waals surface area contributed by atoms with Gasteiger partial charge in [0.05, 0.1) is 11.1 Å². The molecule has 5 heteroatoms. The Balaban J connectivity index is 2.23. The Morgan fingerprint density at radius 1 is 1.15 bits per heavy atom. The zero-order chi connectivity index (χ0) is 15.1. The molecule has 0 radical (unpaired) electrons. The molecule has 2 rings (SSSR count). The summed E-state index contributed by atoms with van der Waals surface area (Å²) < 4.78 is 0. The fourth-order valence-electron chi connectivity index (χ4n) is 1.95. The third kappa shape index (κ3) is 2.57. The Bertz CT molecular complexity index is 600. The van der Waals surface area contributed by atoms with Crippen molar-refractivity contribution in [3.05, 3.63) is 34.9 Å². The Kier molecular flexibility index (Phi) is 3.38. The van der Waals surface area contributed by atoms with E-state index >= 15 is 0 Å². The largest absolute Gasteiger partial charge is 0.352 e. The number of amides is 3. The molecule has 1 heterocycles. The highest BCUT2D eigenvalue weighted by molar-refractivity contribution is 6.21. The highest BCUT2D eigenvalue weighted by Crippen LogP contribution is 2.22. The van der Waals surface area contributed by atoms with E-state index in [1.165, 1.54) is 19.2 Å². The van der Waals surface area contributed by atoms with Crippen LogP contribution < -0.4 is 5.32 Å². The average molecular weight is 274 g/mol. The second-order valence-electron chi connectivity index (χ2n) is 6.17. The van der Waals surface area contributed by atoms with Crippen molar-refractivity contribution in [3.63, 3.8) is 0 Å². The van der Waals surface area contributed by atoms with Gasteiger partial charge in [0.25, 0.3) is 17.7 Å². The number of nitrogens with zero attached hydrogens (tertiary/aromatic N) is 1. The van der Waals surface area contributed by atoms with E-state index < -0.39 is 0 Å². The third-order valence-electron chi connectivity index (χ3n) is 3.13. The first kappa shape index (κ1) is 14.2. The molecule has 0 saturated heterocycles. The van der Waals surface area contributed by atoms with Gasteiger partial charge in [-0.2, -0.15) is 0 Å². The lowest BCUT2D eigenvalue weighted by molar-refractivity contribution is 0.0693. The van der Waals surface area contributed by atoms with E-state index in [9.17, 15) is 14.4 Å². The second kappa shape index (κ2) is 4.74. The van der Waals surface area contributed by atoms with Crippen LogP contribution in [0.4, 0.5) is 0 Å². The van der Waals surface area contributed by atoms with Crippen LogP contribution in [0.3, 0.4) is 0 Å². The van der Waals surface area contributed by atoms with Crippen molar-refractivity contribution in [3.8, 4) is 0 Å². The zero-order valence-electron chi connectivity index (χ0n) is 12.1. The van der Waals surface area contributed by atoms with Crippen molar-refractivity contribution in [2.75, 3.05) is 13.6 Å². The van der Waals surface area contributed by atoms with Crippen LogP contribution >= 0.6 is 0 Å². The molecule has 106 valence electrons. The van der Waals surface area contributed by atoms with E-state index in [4.69, 9.17) is 0 Å². The van der Waals surface area contributed by atoms with Gasteiger partial charge in [-0.1, -0.05) is 20.8 Å². The lowest BCUT2D eigenvalue weighted by Gasteiger charge is -2.18. The lowest BCUT2D eigenvalue weighted by atomic mass is 9.96. The van der Waals surface area contributed by atoms with Crippen LogP contribution in [0.2, 0.25) is 0 Å². The molecule has 0 bridgehead atoms. The van der Waals surface area contributed by atoms with Crippen molar-refractivity contribution in [2.45, 2.75) is 20.8 Å². The van der Waals surface area contributed by atoms with Gasteiger partial charge in [0.1, 0.15) is 0 Å². The predicted octanol–water partition coefficient (Wildman–Crippen LogP) is 1.69. The molecule has 0 saturated carbocycles. The van der Waals surface area contributed by atoms with Gasteiger partial charge in [0, 0.05) is 19.2 Å². The summed E-state index contributed by atoms with van der Waals surface area (Å²) in [5.74, 6) is -0.931. The summed E-state index contributed by atoms with van der Waals surface area (Å²) in [4.78, 5) is 36.7. The van der Waals surface area contributed by atoms with Crippen LogP contribution in [0.15, 0.2) is 18.2 Å². The maximum Gasteiger partial charge on any atom is 0.261 e. The Morgan fingerprint density at radius 3 is 2.35 bits per heavy atom. The molecule has 0 aromatic heterocycles. The average Bonchev–Trinajstić information content (AvgIpc) is 2.60. The topological polar surface area (TPSA) is 66.5 Å². The SMILES string of the molecule is CN1C(=O)c2ccc(C(=O)NCC(C)(C)C)cc2C1=O. The van der Waals surface area contributed by atoms with Crippen LogP contribution in [-0.4, -0.2) is 36.2 Å². The Hall–Kier alpha value is -2.17. The summed E-state index contributed by atoms with van der Waals surface area (Å²) in [6.07, 6.45) is 0. The van der Waals surface area contributed by atoms with Crippen LogP contribution in [0.5, 0.6) is 0 Å². The maximum atomic E-state index is 12.0. The molecule has 20 heavy (non-hydrogen) atoms. The summed E-state index contributed by atoms with van der Waals surface area (Å²) in [6, 6.07) is 4.59. The monoisotopic (exact) mass is 274 g/mol. The molecular formula is C15H18N2O3. The van der Waals surface area contributed by atoms with Crippen molar-refractivity contribution in [2.24, 2.45) is 5.41 Å². The van der Waals surface area contributed by atoms with E-state index in [1.807, 2.05) is 20.8 Å². The van der Waals surface area contributed by atoms with Crippen molar-refractivity contribution in [1.29, 1.82) is 0 Å². The number of nitrogens with one attached hydrogen (secondary N) is 1. The molecule has 0 fully saturated rings. The third-order valence-corrected chi connectivity index (χ3v) is 3.13. The molecule has 1 N–H and O–H groups in total. The number of carbonyl (C=O) groups excluding carboxylic acids is 3. The number of benzene rings is 1. The summed E-state index contributed by atoms with van der Waals surface area (Å²) >= 11 is 0. The first-order chi connectivity index (χ1) is 9.20. The van der Waals surface area contributed by atoms with Gasteiger partial charge in [-0.15, -0.1) is 0 Å². The maximum absolute atomic E-state index is 12.0. The molecule has 5 nitrogen and oxygen atoms in total. The fourth-order valence-corrected chi connectivity index (χ4v) is 1.95. The van der Waals surface area contributed by atoms with Crippen LogP contribution in [-0.2, 0) is 0 Å². The minimum Gasteiger partial charge on any atom is -0.352 e. The van der Waals surface area contributed by atoms with E-state index in [2.05, 4.69) is 5.32 Å². The molecule has 0 atom stereocenters. The molecule has 1 aliphatic rings. The molecule has 0 unspecified atom stereocenters.